The lowest BCUT2D eigenvalue weighted by Gasteiger charge is -2.09. The smallest absolute Gasteiger partial charge is 0.411 e. The van der Waals surface area contributed by atoms with Crippen molar-refractivity contribution in [1.29, 1.82) is 0 Å². The lowest BCUT2D eigenvalue weighted by Crippen LogP contribution is -2.20. The highest BCUT2D eigenvalue weighted by molar-refractivity contribution is 7.12. The molecule has 0 radical (unpaired) electrons. The standard InChI is InChI=1S/C12H14F3NO4S/c1-7-5-21-10(11(18)19-2)9(7)16-8(17)3-4-20-6-12(13,14)15/h5H,3-4,6H2,1-2H3,(H,16,17). The Kier molecular flexibility index (Phi) is 6.16. The number of ether oxygens (including phenoxy) is 2. The number of hydrogen-bond acceptors (Lipinski definition) is 5. The second-order valence-corrected chi connectivity index (χ2v) is 4.96. The van der Waals surface area contributed by atoms with Crippen LogP contribution in [0.2, 0.25) is 0 Å². The summed E-state index contributed by atoms with van der Waals surface area (Å²) in [7, 11) is 1.22. The van der Waals surface area contributed by atoms with Crippen molar-refractivity contribution in [2.75, 3.05) is 25.6 Å². The Morgan fingerprint density at radius 1 is 1.38 bits per heavy atom. The summed E-state index contributed by atoms with van der Waals surface area (Å²) in [6, 6.07) is 0. The number of methoxy groups -OCH3 is 1. The number of anilines is 1. The van der Waals surface area contributed by atoms with Gasteiger partial charge in [0.2, 0.25) is 5.91 Å². The van der Waals surface area contributed by atoms with Crippen molar-refractivity contribution < 1.29 is 32.2 Å². The molecule has 1 rings (SSSR count). The Bertz CT molecular complexity index is 513. The van der Waals surface area contributed by atoms with Gasteiger partial charge < -0.3 is 14.8 Å². The molecule has 0 aliphatic heterocycles. The zero-order valence-electron chi connectivity index (χ0n) is 11.4. The Hall–Kier alpha value is -1.61. The number of esters is 1. The van der Waals surface area contributed by atoms with Crippen molar-refractivity contribution in [3.63, 3.8) is 0 Å². The molecule has 0 saturated carbocycles. The van der Waals surface area contributed by atoms with Crippen LogP contribution in [0.15, 0.2) is 5.38 Å². The summed E-state index contributed by atoms with van der Waals surface area (Å²) in [5.41, 5.74) is 0.984. The Labute approximate surface area is 123 Å². The molecule has 9 heteroatoms. The van der Waals surface area contributed by atoms with E-state index in [-0.39, 0.29) is 17.9 Å². The molecule has 0 fully saturated rings. The molecular weight excluding hydrogens is 311 g/mol. The summed E-state index contributed by atoms with van der Waals surface area (Å²) in [4.78, 5) is 23.4. The highest BCUT2D eigenvalue weighted by Gasteiger charge is 2.27. The number of halogens is 3. The number of amides is 1. The van der Waals surface area contributed by atoms with Crippen LogP contribution in [0.4, 0.5) is 18.9 Å². The normalized spacial score (nSPS) is 11.3. The first kappa shape index (κ1) is 17.4. The zero-order chi connectivity index (χ0) is 16.0. The molecule has 5 nitrogen and oxygen atoms in total. The number of aryl methyl sites for hydroxylation is 1. The summed E-state index contributed by atoms with van der Waals surface area (Å²) in [5, 5.41) is 4.15. The van der Waals surface area contributed by atoms with Gasteiger partial charge in [-0.05, 0) is 17.9 Å². The fraction of sp³-hybridized carbons (Fsp3) is 0.500. The van der Waals surface area contributed by atoms with Crippen molar-refractivity contribution in [2.45, 2.75) is 19.5 Å². The maximum absolute atomic E-state index is 11.8. The average Bonchev–Trinajstić information content (AvgIpc) is 2.74. The van der Waals surface area contributed by atoms with E-state index in [1.165, 1.54) is 7.11 Å². The number of rotatable bonds is 6. The van der Waals surface area contributed by atoms with Crippen LogP contribution in [0.3, 0.4) is 0 Å². The van der Waals surface area contributed by atoms with E-state index < -0.39 is 24.7 Å². The molecule has 1 heterocycles. The maximum Gasteiger partial charge on any atom is 0.411 e. The Morgan fingerprint density at radius 3 is 2.62 bits per heavy atom. The average molecular weight is 325 g/mol. The van der Waals surface area contributed by atoms with Gasteiger partial charge in [0.25, 0.3) is 0 Å². The summed E-state index contributed by atoms with van der Waals surface area (Å²) in [5.74, 6) is -1.12. The van der Waals surface area contributed by atoms with E-state index in [0.717, 1.165) is 11.3 Å². The van der Waals surface area contributed by atoms with Gasteiger partial charge in [0, 0.05) is 0 Å². The van der Waals surface area contributed by atoms with Crippen LogP contribution < -0.4 is 5.32 Å². The van der Waals surface area contributed by atoms with Gasteiger partial charge in [-0.15, -0.1) is 11.3 Å². The minimum absolute atomic E-state index is 0.236. The molecule has 0 atom stereocenters. The third-order valence-electron chi connectivity index (χ3n) is 2.35. The van der Waals surface area contributed by atoms with Gasteiger partial charge in [-0.25, -0.2) is 4.79 Å². The van der Waals surface area contributed by atoms with E-state index in [1.807, 2.05) is 0 Å². The van der Waals surface area contributed by atoms with Crippen LogP contribution in [-0.2, 0) is 14.3 Å². The lowest BCUT2D eigenvalue weighted by molar-refractivity contribution is -0.174. The third kappa shape index (κ3) is 5.72. The molecule has 0 aliphatic carbocycles. The van der Waals surface area contributed by atoms with Crippen molar-refractivity contribution in [1.82, 2.24) is 0 Å². The number of hydrogen-bond donors (Lipinski definition) is 1. The summed E-state index contributed by atoms with van der Waals surface area (Å²) in [6.45, 7) is -0.0635. The first-order valence-corrected chi connectivity index (χ1v) is 6.73. The van der Waals surface area contributed by atoms with E-state index in [1.54, 1.807) is 12.3 Å². The molecule has 0 bridgehead atoms. The number of carbonyl (C=O) groups is 2. The van der Waals surface area contributed by atoms with E-state index in [4.69, 9.17) is 0 Å². The Morgan fingerprint density at radius 2 is 2.05 bits per heavy atom. The van der Waals surface area contributed by atoms with Crippen molar-refractivity contribution in [2.24, 2.45) is 0 Å². The van der Waals surface area contributed by atoms with Crippen molar-refractivity contribution >= 4 is 28.9 Å². The van der Waals surface area contributed by atoms with E-state index in [9.17, 15) is 22.8 Å². The number of thiophene rings is 1. The second-order valence-electron chi connectivity index (χ2n) is 4.08. The summed E-state index contributed by atoms with van der Waals surface area (Å²) < 4.78 is 44.5. The maximum atomic E-state index is 11.8. The quantitative estimate of drug-likeness (QED) is 0.645. The fourth-order valence-corrected chi connectivity index (χ4v) is 2.32. The minimum atomic E-state index is -4.42. The van der Waals surface area contributed by atoms with Crippen LogP contribution in [0, 0.1) is 6.92 Å². The number of carbonyl (C=O) groups excluding carboxylic acids is 2. The SMILES string of the molecule is COC(=O)c1scc(C)c1NC(=O)CCOCC(F)(F)F. The molecule has 1 amide bonds. The fourth-order valence-electron chi connectivity index (χ4n) is 1.40. The summed E-state index contributed by atoms with van der Waals surface area (Å²) in [6.07, 6.45) is -4.66. The lowest BCUT2D eigenvalue weighted by atomic mass is 10.2. The van der Waals surface area contributed by atoms with Crippen LogP contribution >= 0.6 is 11.3 Å². The predicted molar refractivity (Wildman–Crippen MR) is 70.5 cm³/mol. The minimum Gasteiger partial charge on any atom is -0.465 e. The van der Waals surface area contributed by atoms with Crippen molar-refractivity contribution in [3.8, 4) is 0 Å². The molecule has 0 aromatic carbocycles. The monoisotopic (exact) mass is 325 g/mol. The van der Waals surface area contributed by atoms with Gasteiger partial charge in [0.05, 0.1) is 25.8 Å². The number of alkyl halides is 3. The van der Waals surface area contributed by atoms with Gasteiger partial charge in [0.1, 0.15) is 11.5 Å². The van der Waals surface area contributed by atoms with Gasteiger partial charge in [0.15, 0.2) is 0 Å². The first-order valence-electron chi connectivity index (χ1n) is 5.85. The molecule has 1 aromatic rings. The molecule has 0 spiro atoms. The number of nitrogens with one attached hydrogen (secondary N) is 1. The van der Waals surface area contributed by atoms with Gasteiger partial charge >= 0.3 is 12.1 Å². The molecule has 0 saturated heterocycles. The van der Waals surface area contributed by atoms with Crippen LogP contribution in [0.25, 0.3) is 0 Å². The first-order chi connectivity index (χ1) is 9.74. The van der Waals surface area contributed by atoms with Crippen LogP contribution in [0.5, 0.6) is 0 Å². The highest BCUT2D eigenvalue weighted by Crippen LogP contribution is 2.28. The van der Waals surface area contributed by atoms with Crippen LogP contribution in [0.1, 0.15) is 21.7 Å². The predicted octanol–water partition coefficient (Wildman–Crippen LogP) is 2.75. The van der Waals surface area contributed by atoms with Crippen LogP contribution in [-0.4, -0.2) is 38.4 Å². The molecule has 1 N–H and O–H groups in total. The van der Waals surface area contributed by atoms with E-state index in [0.29, 0.717) is 11.3 Å². The molecule has 118 valence electrons. The largest absolute Gasteiger partial charge is 0.465 e. The zero-order valence-corrected chi connectivity index (χ0v) is 12.2. The molecule has 1 aromatic heterocycles. The second kappa shape index (κ2) is 7.41. The van der Waals surface area contributed by atoms with E-state index >= 15 is 0 Å². The van der Waals surface area contributed by atoms with Gasteiger partial charge in [-0.3, -0.25) is 4.79 Å². The molecular formula is C12H14F3NO4S. The van der Waals surface area contributed by atoms with Gasteiger partial charge in [-0.1, -0.05) is 0 Å². The van der Waals surface area contributed by atoms with Crippen molar-refractivity contribution in [3.05, 3.63) is 15.8 Å². The topological polar surface area (TPSA) is 64.6 Å². The Balaban J connectivity index is 2.52. The van der Waals surface area contributed by atoms with E-state index in [2.05, 4.69) is 14.8 Å². The van der Waals surface area contributed by atoms with Gasteiger partial charge in [-0.2, -0.15) is 13.2 Å². The molecule has 21 heavy (non-hydrogen) atoms. The molecule has 0 aliphatic rings. The third-order valence-corrected chi connectivity index (χ3v) is 3.43. The molecule has 0 unspecified atom stereocenters. The highest BCUT2D eigenvalue weighted by atomic mass is 32.1. The summed E-state index contributed by atoms with van der Waals surface area (Å²) >= 11 is 1.11.